The minimum atomic E-state index is -1.82. The van der Waals surface area contributed by atoms with Crippen LogP contribution < -0.4 is 9.47 Å². The van der Waals surface area contributed by atoms with Gasteiger partial charge in [-0.2, -0.15) is 0 Å². The van der Waals surface area contributed by atoms with E-state index in [0.717, 1.165) is 73.2 Å². The SMILES string of the molecule is CN(CCC1CN(C)C(=S)c2cccnc2O1)Cc1ccc(C(C)(C)C)cc1.CN(CCC1CN(C)C(=S)c2cccnc2O1)Cc1ccc(C(C)(C)C)cc1.O=C(O)C(=O)O.O=C(O)C(=O)O.O=C(O)C(=O)O. The number of benzene rings is 2. The Morgan fingerprint density at radius 1 is 0.541 bits per heavy atom. The van der Waals surface area contributed by atoms with Gasteiger partial charge in [0.05, 0.1) is 24.2 Å². The van der Waals surface area contributed by atoms with Crippen LogP contribution in [0.15, 0.2) is 85.2 Å². The molecule has 0 amide bonds. The van der Waals surface area contributed by atoms with Crippen LogP contribution >= 0.6 is 24.4 Å². The highest BCUT2D eigenvalue weighted by atomic mass is 32.1. The summed E-state index contributed by atoms with van der Waals surface area (Å²) in [5.41, 5.74) is 7.62. The van der Waals surface area contributed by atoms with Crippen LogP contribution in [0.25, 0.3) is 0 Å². The highest BCUT2D eigenvalue weighted by molar-refractivity contribution is 7.81. The van der Waals surface area contributed by atoms with Crippen molar-refractivity contribution in [1.82, 2.24) is 29.6 Å². The average Bonchev–Trinajstić information content (AvgIpc) is 3.53. The van der Waals surface area contributed by atoms with Crippen LogP contribution in [0.4, 0.5) is 0 Å². The van der Waals surface area contributed by atoms with Gasteiger partial charge >= 0.3 is 35.8 Å². The third-order valence-corrected chi connectivity index (χ3v) is 12.0. The summed E-state index contributed by atoms with van der Waals surface area (Å²) in [6.07, 6.45) is 5.53. The van der Waals surface area contributed by atoms with Crippen molar-refractivity contribution < 1.29 is 68.9 Å². The molecule has 6 rings (SSSR count). The third kappa shape index (κ3) is 22.3. The van der Waals surface area contributed by atoms with Crippen LogP contribution in [0, 0.1) is 0 Å². The number of carboxylic acids is 6. The average molecular weight is 1070 g/mol. The van der Waals surface area contributed by atoms with Crippen LogP contribution in [0.3, 0.4) is 0 Å². The van der Waals surface area contributed by atoms with E-state index in [-0.39, 0.29) is 23.0 Å². The molecule has 6 N–H and O–H groups in total. The lowest BCUT2D eigenvalue weighted by atomic mass is 9.87. The molecular weight excluding hydrogens is 997 g/mol. The van der Waals surface area contributed by atoms with Gasteiger partial charge in [0.2, 0.25) is 11.8 Å². The summed E-state index contributed by atoms with van der Waals surface area (Å²) in [7, 11) is 8.38. The van der Waals surface area contributed by atoms with E-state index in [9.17, 15) is 0 Å². The highest BCUT2D eigenvalue weighted by Gasteiger charge is 2.27. The Morgan fingerprint density at radius 2 is 0.824 bits per heavy atom. The highest BCUT2D eigenvalue weighted by Crippen LogP contribution is 2.27. The second-order valence-electron chi connectivity index (χ2n) is 19.3. The molecular formula is C52H68N6O14S2. The Kier molecular flexibility index (Phi) is 25.1. The van der Waals surface area contributed by atoms with Gasteiger partial charge in [0.25, 0.3) is 0 Å². The van der Waals surface area contributed by atoms with Crippen LogP contribution in [0.2, 0.25) is 0 Å². The number of carboxylic acid groups (broad SMARTS) is 6. The van der Waals surface area contributed by atoms with Crippen molar-refractivity contribution in [2.45, 2.75) is 90.5 Å². The molecule has 0 aliphatic carbocycles. The minimum Gasteiger partial charge on any atom is -0.473 e. The first-order valence-corrected chi connectivity index (χ1v) is 23.9. The predicted molar refractivity (Wildman–Crippen MR) is 284 cm³/mol. The molecule has 0 bridgehead atoms. The first-order chi connectivity index (χ1) is 34.4. The standard InChI is InChI=1S/2C23H31N3OS.3C2H2O4/c2*1-23(2,3)18-10-8-17(9-11-18)15-25(4)14-12-19-16-26(5)22(28)20-7-6-13-24-21(20)27-19;3*3-1(4)2(5)6/h2*6-11,13,19H,12,14-16H2,1-5H3;3*(H,3,4)(H,5,6). The Morgan fingerprint density at radius 3 is 1.08 bits per heavy atom. The number of rotatable bonds is 10. The number of nitrogens with zero attached hydrogens (tertiary/aromatic N) is 6. The monoisotopic (exact) mass is 1060 g/mol. The number of likely N-dealkylation sites (N-methyl/N-ethyl adjacent to an activating group) is 2. The number of ether oxygens (including phenoxy) is 2. The zero-order valence-electron chi connectivity index (χ0n) is 43.3. The number of aliphatic carboxylic acids is 6. The van der Waals surface area contributed by atoms with Crippen LogP contribution in [-0.4, -0.2) is 173 Å². The largest absolute Gasteiger partial charge is 0.473 e. The molecule has 2 aromatic carbocycles. The number of fused-ring (bicyclic) bond motifs is 2. The van der Waals surface area contributed by atoms with Crippen LogP contribution in [0.5, 0.6) is 11.8 Å². The molecule has 0 saturated heterocycles. The maximum Gasteiger partial charge on any atom is 0.414 e. The van der Waals surface area contributed by atoms with E-state index >= 15 is 0 Å². The van der Waals surface area contributed by atoms with E-state index in [1.807, 2.05) is 38.4 Å². The molecule has 0 saturated carbocycles. The second kappa shape index (κ2) is 29.5. The fraction of sp³-hybridized carbons (Fsp3) is 0.423. The van der Waals surface area contributed by atoms with Crippen LogP contribution in [-0.2, 0) is 52.7 Å². The molecule has 2 aliphatic rings. The van der Waals surface area contributed by atoms with Gasteiger partial charge in [-0.15, -0.1) is 0 Å². The molecule has 74 heavy (non-hydrogen) atoms. The van der Waals surface area contributed by atoms with E-state index in [0.29, 0.717) is 11.8 Å². The molecule has 4 aromatic rings. The Balaban J connectivity index is 0.000000381. The lowest BCUT2D eigenvalue weighted by Crippen LogP contribution is -2.35. The Bertz CT molecular complexity index is 2320. The fourth-order valence-electron chi connectivity index (χ4n) is 6.90. The van der Waals surface area contributed by atoms with Gasteiger partial charge in [0, 0.05) is 52.7 Å². The summed E-state index contributed by atoms with van der Waals surface area (Å²) in [4.78, 5) is 73.9. The van der Waals surface area contributed by atoms with E-state index in [1.165, 1.54) is 22.3 Å². The number of thiocarbonyl (C=S) groups is 2. The number of hydrogen-bond acceptors (Lipinski definition) is 14. The van der Waals surface area contributed by atoms with Crippen molar-refractivity contribution in [3.63, 3.8) is 0 Å². The fourth-order valence-corrected chi connectivity index (χ4v) is 7.36. The van der Waals surface area contributed by atoms with Gasteiger partial charge in [-0.25, -0.2) is 38.7 Å². The number of hydrogen-bond donors (Lipinski definition) is 6. The van der Waals surface area contributed by atoms with E-state index in [1.54, 1.807) is 12.4 Å². The maximum absolute atomic E-state index is 9.10. The Hall–Kier alpha value is -7.14. The van der Waals surface area contributed by atoms with Crippen molar-refractivity contribution in [1.29, 1.82) is 0 Å². The molecule has 0 radical (unpaired) electrons. The van der Waals surface area contributed by atoms with Gasteiger partial charge in [-0.1, -0.05) is 115 Å². The molecule has 0 fully saturated rings. The van der Waals surface area contributed by atoms with Crippen molar-refractivity contribution >= 4 is 70.2 Å². The topological polar surface area (TPSA) is 281 Å². The van der Waals surface area contributed by atoms with E-state index in [4.69, 9.17) is 93.3 Å². The molecule has 402 valence electrons. The van der Waals surface area contributed by atoms with Gasteiger partial charge in [-0.3, -0.25) is 0 Å². The summed E-state index contributed by atoms with van der Waals surface area (Å²) in [5, 5.41) is 44.3. The van der Waals surface area contributed by atoms with Crippen molar-refractivity contribution in [2.24, 2.45) is 0 Å². The lowest BCUT2D eigenvalue weighted by Gasteiger charge is -2.24. The van der Waals surface area contributed by atoms with Gasteiger partial charge in [0.15, 0.2) is 0 Å². The summed E-state index contributed by atoms with van der Waals surface area (Å²) in [6, 6.07) is 25.7. The van der Waals surface area contributed by atoms with Crippen molar-refractivity contribution in [3.8, 4) is 11.8 Å². The second-order valence-corrected chi connectivity index (χ2v) is 20.1. The predicted octanol–water partition coefficient (Wildman–Crippen LogP) is 6.01. The molecule has 2 aromatic heterocycles. The van der Waals surface area contributed by atoms with Crippen LogP contribution in [0.1, 0.15) is 87.8 Å². The summed E-state index contributed by atoms with van der Waals surface area (Å²) in [5.74, 6) is -9.63. The maximum atomic E-state index is 9.10. The number of aromatic nitrogens is 2. The quantitative estimate of drug-likeness (QED) is 0.0784. The molecule has 2 aliphatic heterocycles. The first kappa shape index (κ1) is 63.0. The van der Waals surface area contributed by atoms with Crippen molar-refractivity contribution in [3.05, 3.63) is 119 Å². The molecule has 22 heteroatoms. The third-order valence-electron chi connectivity index (χ3n) is 11.0. The van der Waals surface area contributed by atoms with E-state index < -0.39 is 35.8 Å². The summed E-state index contributed by atoms with van der Waals surface area (Å²) < 4.78 is 12.4. The van der Waals surface area contributed by atoms with Gasteiger partial charge in [0.1, 0.15) is 22.2 Å². The van der Waals surface area contributed by atoms with Gasteiger partial charge < -0.3 is 59.7 Å². The first-order valence-electron chi connectivity index (χ1n) is 23.1. The number of pyridine rings is 2. The van der Waals surface area contributed by atoms with Gasteiger partial charge in [-0.05, 0) is 84.3 Å². The lowest BCUT2D eigenvalue weighted by molar-refractivity contribution is -0.159. The zero-order valence-corrected chi connectivity index (χ0v) is 45.0. The summed E-state index contributed by atoms with van der Waals surface area (Å²) in [6.45, 7) is 18.8. The normalized spacial score (nSPS) is 14.9. The molecule has 4 heterocycles. The zero-order chi connectivity index (χ0) is 56.1. The molecule has 2 atom stereocenters. The number of carbonyl (C=O) groups is 6. The molecule has 0 spiro atoms. The molecule has 20 nitrogen and oxygen atoms in total. The molecule has 2 unspecified atom stereocenters. The smallest absolute Gasteiger partial charge is 0.414 e. The Labute approximate surface area is 442 Å². The van der Waals surface area contributed by atoms with E-state index in [2.05, 4.69) is 134 Å². The van der Waals surface area contributed by atoms with Crippen molar-refractivity contribution in [2.75, 3.05) is 54.4 Å². The minimum absolute atomic E-state index is 0.0739. The summed E-state index contributed by atoms with van der Waals surface area (Å²) >= 11 is 11.2.